The Kier molecular flexibility index (Phi) is 6.87. The van der Waals surface area contributed by atoms with Gasteiger partial charge in [-0.15, -0.1) is 24.8 Å². The molecule has 4 rings (SSSR count). The number of halogens is 2. The van der Waals surface area contributed by atoms with Crippen molar-refractivity contribution >= 4 is 30.6 Å². The fourth-order valence-corrected chi connectivity index (χ4v) is 3.86. The standard InChI is InChI=1S/C19H18N6.2ClH/c20-9-13-3-1-2-4-14(13)17-15(10-21)18(12-5-7-22-8-6-12)24-19-16(17)11-23-25-19;;/h1-4,11-12,17,22H,5-8H2,(H2,23,24,25);2*1H. The van der Waals surface area contributed by atoms with Crippen molar-refractivity contribution < 1.29 is 0 Å². The van der Waals surface area contributed by atoms with Gasteiger partial charge >= 0.3 is 0 Å². The first-order valence-corrected chi connectivity index (χ1v) is 8.47. The zero-order chi connectivity index (χ0) is 17.2. The van der Waals surface area contributed by atoms with Crippen molar-refractivity contribution in [2.75, 3.05) is 18.4 Å². The number of hydrogen-bond acceptors (Lipinski definition) is 5. The number of H-pyrrole nitrogens is 1. The van der Waals surface area contributed by atoms with Crippen LogP contribution in [0.5, 0.6) is 0 Å². The van der Waals surface area contributed by atoms with Gasteiger partial charge in [0.25, 0.3) is 0 Å². The Morgan fingerprint density at radius 1 is 1.00 bits per heavy atom. The summed E-state index contributed by atoms with van der Waals surface area (Å²) in [7, 11) is 0. The number of benzene rings is 1. The van der Waals surface area contributed by atoms with Gasteiger partial charge in [0, 0.05) is 17.2 Å². The number of fused-ring (bicyclic) bond motifs is 1. The lowest BCUT2D eigenvalue weighted by molar-refractivity contribution is 0.418. The summed E-state index contributed by atoms with van der Waals surface area (Å²) in [6.07, 6.45) is 3.73. The normalized spacial score (nSPS) is 18.8. The number of nitrogens with one attached hydrogen (secondary N) is 3. The molecule has 2 aliphatic rings. The van der Waals surface area contributed by atoms with Crippen molar-refractivity contribution in [1.82, 2.24) is 15.5 Å². The molecule has 1 unspecified atom stereocenters. The molecule has 140 valence electrons. The lowest BCUT2D eigenvalue weighted by Gasteiger charge is -2.33. The van der Waals surface area contributed by atoms with Crippen LogP contribution in [-0.4, -0.2) is 23.3 Å². The number of allylic oxidation sites excluding steroid dienone is 2. The molecule has 27 heavy (non-hydrogen) atoms. The van der Waals surface area contributed by atoms with Crippen molar-refractivity contribution in [3.05, 3.63) is 58.4 Å². The van der Waals surface area contributed by atoms with Crippen LogP contribution in [0.25, 0.3) is 0 Å². The SMILES string of the molecule is Cl.Cl.N#CC1=C(C2CCNCC2)Nc2[nH]ncc2C1c1ccccc1C#N. The van der Waals surface area contributed by atoms with Gasteiger partial charge in [-0.3, -0.25) is 5.10 Å². The topological polar surface area (TPSA) is 100 Å². The molecule has 0 radical (unpaired) electrons. The number of aromatic amines is 1. The molecule has 8 heteroatoms. The number of aromatic nitrogens is 2. The summed E-state index contributed by atoms with van der Waals surface area (Å²) in [5.74, 6) is 0.870. The number of nitriles is 2. The van der Waals surface area contributed by atoms with E-state index in [0.29, 0.717) is 17.1 Å². The van der Waals surface area contributed by atoms with E-state index < -0.39 is 0 Å². The quantitative estimate of drug-likeness (QED) is 0.713. The van der Waals surface area contributed by atoms with Gasteiger partial charge in [0.15, 0.2) is 0 Å². The van der Waals surface area contributed by atoms with Gasteiger partial charge in [-0.05, 0) is 37.6 Å². The van der Waals surface area contributed by atoms with Gasteiger partial charge in [0.2, 0.25) is 0 Å². The van der Waals surface area contributed by atoms with E-state index in [0.717, 1.165) is 48.6 Å². The Bertz CT molecular complexity index is 915. The first-order chi connectivity index (χ1) is 12.3. The minimum absolute atomic E-state index is 0. The molecule has 1 aromatic heterocycles. The Morgan fingerprint density at radius 3 is 2.44 bits per heavy atom. The van der Waals surface area contributed by atoms with Crippen molar-refractivity contribution in [3.63, 3.8) is 0 Å². The second kappa shape index (κ2) is 8.92. The second-order valence-electron chi connectivity index (χ2n) is 6.42. The highest BCUT2D eigenvalue weighted by Gasteiger charge is 2.35. The molecule has 0 saturated carbocycles. The molecule has 0 amide bonds. The van der Waals surface area contributed by atoms with E-state index in [9.17, 15) is 10.5 Å². The molecular weight excluding hydrogens is 383 g/mol. The van der Waals surface area contributed by atoms with Crippen LogP contribution in [0.4, 0.5) is 5.82 Å². The van der Waals surface area contributed by atoms with Gasteiger partial charge in [-0.1, -0.05) is 18.2 Å². The van der Waals surface area contributed by atoms with E-state index in [2.05, 4.69) is 33.0 Å². The molecule has 0 spiro atoms. The Morgan fingerprint density at radius 2 is 1.74 bits per heavy atom. The molecule has 1 atom stereocenters. The van der Waals surface area contributed by atoms with E-state index in [1.54, 1.807) is 12.3 Å². The molecular formula is C19H20Cl2N6. The minimum atomic E-state index is -0.263. The molecule has 2 aromatic rings. The fourth-order valence-electron chi connectivity index (χ4n) is 3.86. The fraction of sp³-hybridized carbons (Fsp3) is 0.316. The summed E-state index contributed by atoms with van der Waals surface area (Å²) in [6, 6.07) is 12.2. The molecule has 0 aliphatic carbocycles. The van der Waals surface area contributed by atoms with Crippen LogP contribution in [0.2, 0.25) is 0 Å². The van der Waals surface area contributed by atoms with Crippen LogP contribution < -0.4 is 10.6 Å². The van der Waals surface area contributed by atoms with E-state index in [-0.39, 0.29) is 30.7 Å². The van der Waals surface area contributed by atoms with Crippen LogP contribution in [-0.2, 0) is 0 Å². The largest absolute Gasteiger partial charge is 0.343 e. The predicted molar refractivity (Wildman–Crippen MR) is 108 cm³/mol. The van der Waals surface area contributed by atoms with Crippen LogP contribution in [0.1, 0.15) is 35.4 Å². The van der Waals surface area contributed by atoms with Crippen molar-refractivity contribution in [2.45, 2.75) is 18.8 Å². The number of piperidine rings is 1. The number of rotatable bonds is 2. The molecule has 2 aliphatic heterocycles. The lowest BCUT2D eigenvalue weighted by Crippen LogP contribution is -2.32. The Hall–Kier alpha value is -2.51. The summed E-state index contributed by atoms with van der Waals surface area (Å²) in [6.45, 7) is 1.90. The van der Waals surface area contributed by atoms with E-state index in [1.807, 2.05) is 18.2 Å². The monoisotopic (exact) mass is 402 g/mol. The molecule has 0 bridgehead atoms. The third-order valence-electron chi connectivity index (χ3n) is 5.08. The zero-order valence-electron chi connectivity index (χ0n) is 14.5. The molecule has 3 N–H and O–H groups in total. The summed E-state index contributed by atoms with van der Waals surface area (Å²) in [5.41, 5.74) is 4.04. The predicted octanol–water partition coefficient (Wildman–Crippen LogP) is 3.46. The summed E-state index contributed by atoms with van der Waals surface area (Å²) >= 11 is 0. The third kappa shape index (κ3) is 3.65. The smallest absolute Gasteiger partial charge is 0.129 e. The van der Waals surface area contributed by atoms with E-state index in [1.165, 1.54) is 0 Å². The average molecular weight is 403 g/mol. The first-order valence-electron chi connectivity index (χ1n) is 8.47. The van der Waals surface area contributed by atoms with E-state index in [4.69, 9.17) is 0 Å². The summed E-state index contributed by atoms with van der Waals surface area (Å²) in [5, 5.41) is 33.4. The van der Waals surface area contributed by atoms with Crippen molar-refractivity contribution in [2.24, 2.45) is 5.92 Å². The number of anilines is 1. The summed E-state index contributed by atoms with van der Waals surface area (Å²) < 4.78 is 0. The van der Waals surface area contributed by atoms with Gasteiger partial charge < -0.3 is 10.6 Å². The van der Waals surface area contributed by atoms with Gasteiger partial charge in [-0.2, -0.15) is 15.6 Å². The average Bonchev–Trinajstić information content (AvgIpc) is 3.15. The van der Waals surface area contributed by atoms with Crippen molar-refractivity contribution in [1.29, 1.82) is 10.5 Å². The maximum Gasteiger partial charge on any atom is 0.129 e. The second-order valence-corrected chi connectivity index (χ2v) is 6.42. The van der Waals surface area contributed by atoms with Gasteiger partial charge in [0.05, 0.1) is 35.4 Å². The molecule has 1 fully saturated rings. The summed E-state index contributed by atoms with van der Waals surface area (Å²) in [4.78, 5) is 0. The third-order valence-corrected chi connectivity index (χ3v) is 5.08. The Labute approximate surface area is 170 Å². The molecule has 3 heterocycles. The maximum absolute atomic E-state index is 9.97. The highest BCUT2D eigenvalue weighted by Crippen LogP contribution is 2.44. The van der Waals surface area contributed by atoms with Crippen molar-refractivity contribution in [3.8, 4) is 12.1 Å². The lowest BCUT2D eigenvalue weighted by atomic mass is 9.78. The van der Waals surface area contributed by atoms with Gasteiger partial charge in [-0.25, -0.2) is 0 Å². The molecule has 1 saturated heterocycles. The molecule has 1 aromatic carbocycles. The van der Waals surface area contributed by atoms with Gasteiger partial charge in [0.1, 0.15) is 5.82 Å². The van der Waals surface area contributed by atoms with Crippen LogP contribution >= 0.6 is 24.8 Å². The highest BCUT2D eigenvalue weighted by atomic mass is 35.5. The number of hydrogen-bond donors (Lipinski definition) is 3. The maximum atomic E-state index is 9.97. The van der Waals surface area contributed by atoms with Crippen LogP contribution in [0, 0.1) is 28.6 Å². The minimum Gasteiger partial charge on any atom is -0.343 e. The van der Waals surface area contributed by atoms with Crippen LogP contribution in [0.3, 0.4) is 0 Å². The number of nitrogens with zero attached hydrogens (tertiary/aromatic N) is 3. The van der Waals surface area contributed by atoms with Crippen LogP contribution in [0.15, 0.2) is 41.7 Å². The molecule has 6 nitrogen and oxygen atoms in total. The Balaban J connectivity index is 0.00000131. The highest BCUT2D eigenvalue weighted by molar-refractivity contribution is 5.85. The van der Waals surface area contributed by atoms with E-state index >= 15 is 0 Å². The zero-order valence-corrected chi connectivity index (χ0v) is 16.2. The first kappa shape index (κ1) is 20.8.